The molecular weight excluding hydrogens is 530 g/mol. The van der Waals surface area contributed by atoms with Crippen molar-refractivity contribution in [2.24, 2.45) is 11.8 Å². The fourth-order valence-electron chi connectivity index (χ4n) is 6.06. The van der Waals surface area contributed by atoms with Gasteiger partial charge in [0.15, 0.2) is 0 Å². The highest BCUT2D eigenvalue weighted by atomic mass is 79.9. The third-order valence-corrected chi connectivity index (χ3v) is 8.29. The topological polar surface area (TPSA) is 117 Å². The molecule has 7 atom stereocenters. The number of nitrogens with one attached hydrogen (secondary N) is 2. The predicted octanol–water partition coefficient (Wildman–Crippen LogP) is 2.46. The lowest BCUT2D eigenvalue weighted by Crippen LogP contribution is -2.57. The van der Waals surface area contributed by atoms with Crippen molar-refractivity contribution < 1.29 is 29.0 Å². The van der Waals surface area contributed by atoms with E-state index < -0.39 is 29.6 Å². The number of carbonyl (C=O) groups excluding carboxylic acids is 3. The van der Waals surface area contributed by atoms with Gasteiger partial charge in [-0.25, -0.2) is 0 Å². The minimum absolute atomic E-state index is 0.0510. The van der Waals surface area contributed by atoms with Gasteiger partial charge < -0.3 is 30.1 Å². The van der Waals surface area contributed by atoms with E-state index in [4.69, 9.17) is 9.47 Å². The molecule has 0 radical (unpaired) electrons. The first kappa shape index (κ1) is 26.9. The zero-order valence-corrected chi connectivity index (χ0v) is 22.6. The van der Waals surface area contributed by atoms with E-state index in [2.05, 4.69) is 33.5 Å². The molecule has 10 heteroatoms. The third kappa shape index (κ3) is 4.75. The van der Waals surface area contributed by atoms with Gasteiger partial charge in [-0.3, -0.25) is 14.4 Å². The lowest BCUT2D eigenvalue weighted by atomic mass is 9.70. The van der Waals surface area contributed by atoms with Crippen LogP contribution in [-0.2, 0) is 19.1 Å². The van der Waals surface area contributed by atoms with Gasteiger partial charge in [-0.2, -0.15) is 0 Å². The van der Waals surface area contributed by atoms with E-state index in [1.807, 2.05) is 13.8 Å². The third-order valence-electron chi connectivity index (χ3n) is 7.44. The van der Waals surface area contributed by atoms with E-state index in [0.717, 1.165) is 12.8 Å². The number of ether oxygens (including phenoxy) is 2. The molecule has 3 amide bonds. The van der Waals surface area contributed by atoms with Crippen LogP contribution in [0.25, 0.3) is 0 Å². The van der Waals surface area contributed by atoms with Crippen molar-refractivity contribution >= 4 is 39.3 Å². The Bertz CT molecular complexity index is 975. The summed E-state index contributed by atoms with van der Waals surface area (Å²) in [6.45, 7) is 6.56. The summed E-state index contributed by atoms with van der Waals surface area (Å²) in [4.78, 5) is 42.2. The summed E-state index contributed by atoms with van der Waals surface area (Å²) in [5.41, 5.74) is -0.501. The minimum Gasteiger partial charge on any atom is -0.494 e. The highest BCUT2D eigenvalue weighted by molar-refractivity contribution is 9.09. The zero-order chi connectivity index (χ0) is 26.0. The summed E-state index contributed by atoms with van der Waals surface area (Å²) in [6, 6.07) is 6.17. The lowest BCUT2D eigenvalue weighted by Gasteiger charge is -2.34. The number of benzene rings is 1. The van der Waals surface area contributed by atoms with Crippen molar-refractivity contribution in [1.82, 2.24) is 10.2 Å². The molecule has 2 bridgehead atoms. The van der Waals surface area contributed by atoms with E-state index in [1.54, 1.807) is 24.3 Å². The van der Waals surface area contributed by atoms with Crippen LogP contribution >= 0.6 is 15.9 Å². The van der Waals surface area contributed by atoms with Crippen LogP contribution in [0.4, 0.5) is 5.69 Å². The highest BCUT2D eigenvalue weighted by Gasteiger charge is 2.76. The number of alkyl halides is 1. The molecule has 3 fully saturated rings. The predicted molar refractivity (Wildman–Crippen MR) is 138 cm³/mol. The first-order chi connectivity index (χ1) is 17.3. The molecule has 0 aromatic heterocycles. The van der Waals surface area contributed by atoms with Gasteiger partial charge in [-0.1, -0.05) is 29.3 Å². The Morgan fingerprint density at radius 3 is 2.64 bits per heavy atom. The number of aliphatic hydroxyl groups excluding tert-OH is 1. The van der Waals surface area contributed by atoms with Gasteiger partial charge in [0, 0.05) is 29.7 Å². The molecule has 3 saturated heterocycles. The molecule has 1 aromatic rings. The van der Waals surface area contributed by atoms with E-state index in [0.29, 0.717) is 30.9 Å². The van der Waals surface area contributed by atoms with Crippen molar-refractivity contribution in [3.63, 3.8) is 0 Å². The number of amides is 3. The average Bonchev–Trinajstić information content (AvgIpc) is 3.42. The molecule has 1 aromatic carbocycles. The van der Waals surface area contributed by atoms with E-state index in [1.165, 1.54) is 4.90 Å². The molecular formula is C26H36BrN3O6. The van der Waals surface area contributed by atoms with Gasteiger partial charge in [-0.05, 0) is 57.4 Å². The fraction of sp³-hybridized carbons (Fsp3) is 0.654. The van der Waals surface area contributed by atoms with Gasteiger partial charge in [0.2, 0.25) is 17.7 Å². The number of carbonyl (C=O) groups is 3. The number of fused-ring (bicyclic) bond motifs is 1. The maximum atomic E-state index is 13.8. The van der Waals surface area contributed by atoms with Crippen molar-refractivity contribution in [3.8, 4) is 5.75 Å². The number of aliphatic hydroxyl groups is 1. The second-order valence-electron chi connectivity index (χ2n) is 9.92. The van der Waals surface area contributed by atoms with Crippen LogP contribution in [0, 0.1) is 11.8 Å². The second-order valence-corrected chi connectivity index (χ2v) is 11.1. The smallest absolute Gasteiger partial charge is 0.246 e. The SMILES string of the molecule is CCCC(C)NC(=O)C1N(CCCO)C(=O)[C@@H]2[C@H](C(=O)Nc3ccc(OCC)cc3)[C@H]3OC12CC3Br. The summed E-state index contributed by atoms with van der Waals surface area (Å²) in [7, 11) is 0. The molecule has 9 nitrogen and oxygen atoms in total. The number of anilines is 1. The van der Waals surface area contributed by atoms with Crippen LogP contribution in [0.15, 0.2) is 24.3 Å². The highest BCUT2D eigenvalue weighted by Crippen LogP contribution is 2.60. The van der Waals surface area contributed by atoms with Crippen molar-refractivity contribution in [3.05, 3.63) is 24.3 Å². The number of nitrogens with zero attached hydrogens (tertiary/aromatic N) is 1. The molecule has 3 aliphatic rings. The van der Waals surface area contributed by atoms with Gasteiger partial charge in [0.25, 0.3) is 0 Å². The number of halogens is 1. The summed E-state index contributed by atoms with van der Waals surface area (Å²) < 4.78 is 11.9. The Hall–Kier alpha value is -2.17. The number of rotatable bonds is 11. The quantitative estimate of drug-likeness (QED) is 0.355. The van der Waals surface area contributed by atoms with Gasteiger partial charge >= 0.3 is 0 Å². The van der Waals surface area contributed by atoms with Crippen LogP contribution in [-0.4, -0.2) is 76.1 Å². The molecule has 0 saturated carbocycles. The molecule has 198 valence electrons. The average molecular weight is 566 g/mol. The summed E-state index contributed by atoms with van der Waals surface area (Å²) in [6.07, 6.45) is 2.01. The Labute approximate surface area is 220 Å². The number of hydrogen-bond acceptors (Lipinski definition) is 6. The van der Waals surface area contributed by atoms with Crippen LogP contribution < -0.4 is 15.4 Å². The van der Waals surface area contributed by atoms with Gasteiger partial charge in [0.05, 0.1) is 24.5 Å². The number of likely N-dealkylation sites (tertiary alicyclic amines) is 1. The van der Waals surface area contributed by atoms with Gasteiger partial charge in [0.1, 0.15) is 17.4 Å². The van der Waals surface area contributed by atoms with Crippen molar-refractivity contribution in [1.29, 1.82) is 0 Å². The Kier molecular flexibility index (Phi) is 8.26. The molecule has 3 aliphatic heterocycles. The molecule has 3 N–H and O–H groups in total. The Morgan fingerprint density at radius 1 is 1.28 bits per heavy atom. The normalized spacial score (nSPS) is 31.3. The van der Waals surface area contributed by atoms with Gasteiger partial charge in [-0.15, -0.1) is 0 Å². The maximum absolute atomic E-state index is 13.8. The first-order valence-electron chi connectivity index (χ1n) is 12.8. The largest absolute Gasteiger partial charge is 0.494 e. The summed E-state index contributed by atoms with van der Waals surface area (Å²) in [5.74, 6) is -1.65. The molecule has 0 aliphatic carbocycles. The summed E-state index contributed by atoms with van der Waals surface area (Å²) >= 11 is 3.67. The Balaban J connectivity index is 1.61. The molecule has 1 spiro atoms. The van der Waals surface area contributed by atoms with Crippen LogP contribution in [0.5, 0.6) is 5.75 Å². The lowest BCUT2D eigenvalue weighted by molar-refractivity contribution is -0.141. The maximum Gasteiger partial charge on any atom is 0.246 e. The monoisotopic (exact) mass is 565 g/mol. The molecule has 4 unspecified atom stereocenters. The van der Waals surface area contributed by atoms with Crippen LogP contribution in [0.1, 0.15) is 46.5 Å². The fourth-order valence-corrected chi connectivity index (χ4v) is 7.01. The van der Waals surface area contributed by atoms with Crippen molar-refractivity contribution in [2.75, 3.05) is 25.1 Å². The molecule has 36 heavy (non-hydrogen) atoms. The molecule has 3 heterocycles. The summed E-state index contributed by atoms with van der Waals surface area (Å²) in [5, 5.41) is 15.4. The van der Waals surface area contributed by atoms with Crippen molar-refractivity contribution in [2.45, 2.75) is 75.1 Å². The molecule has 4 rings (SSSR count). The first-order valence-corrected chi connectivity index (χ1v) is 13.8. The minimum atomic E-state index is -1.10. The van der Waals surface area contributed by atoms with Crippen LogP contribution in [0.2, 0.25) is 0 Å². The van der Waals surface area contributed by atoms with E-state index in [9.17, 15) is 19.5 Å². The zero-order valence-electron chi connectivity index (χ0n) is 21.0. The second kappa shape index (κ2) is 11.1. The Morgan fingerprint density at radius 2 is 2.00 bits per heavy atom. The van der Waals surface area contributed by atoms with Crippen LogP contribution in [0.3, 0.4) is 0 Å². The van der Waals surface area contributed by atoms with E-state index >= 15 is 0 Å². The number of hydrogen-bond donors (Lipinski definition) is 3. The standard InChI is InChI=1S/C26H36BrN3O6/c1-4-7-15(3)28-24(33)22-26-14-18(27)21(36-26)19(20(26)25(34)30(22)12-6-13-31)23(32)29-16-8-10-17(11-9-16)35-5-2/h8-11,15,18-22,31H,4-7,12-14H2,1-3H3,(H,28,33)(H,29,32)/t15?,18?,19-,20-,21-,22?,26?/m0/s1. The van der Waals surface area contributed by atoms with E-state index in [-0.39, 0.29) is 41.7 Å².